The second-order valence-corrected chi connectivity index (χ2v) is 11.2. The largest absolute Gasteiger partial charge is 0.375 e. The fourth-order valence-corrected chi connectivity index (χ4v) is 4.59. The zero-order valence-corrected chi connectivity index (χ0v) is 24.7. The van der Waals surface area contributed by atoms with Gasteiger partial charge in [0.1, 0.15) is 0 Å². The molecule has 0 saturated heterocycles. The van der Waals surface area contributed by atoms with Crippen LogP contribution in [0.1, 0.15) is 56.4 Å². The second-order valence-electron chi connectivity index (χ2n) is 11.2. The van der Waals surface area contributed by atoms with Crippen LogP contribution in [0.5, 0.6) is 0 Å². The lowest BCUT2D eigenvalue weighted by atomic mass is 9.86. The van der Waals surface area contributed by atoms with Crippen LogP contribution in [-0.2, 0) is 5.41 Å². The van der Waals surface area contributed by atoms with Gasteiger partial charge in [0.05, 0.1) is 5.69 Å². The van der Waals surface area contributed by atoms with Crippen molar-refractivity contribution >= 4 is 28.7 Å². The first kappa shape index (κ1) is 28.6. The molecule has 0 bridgehead atoms. The van der Waals surface area contributed by atoms with Crippen molar-refractivity contribution < 1.29 is 0 Å². The molecule has 0 aliphatic rings. The predicted octanol–water partition coefficient (Wildman–Crippen LogP) is 8.89. The third kappa shape index (κ3) is 6.78. The molecule has 40 heavy (non-hydrogen) atoms. The lowest BCUT2D eigenvalue weighted by Gasteiger charge is -2.21. The summed E-state index contributed by atoms with van der Waals surface area (Å²) < 4.78 is 0. The van der Waals surface area contributed by atoms with E-state index in [0.29, 0.717) is 5.95 Å². The number of nitrogens with zero attached hydrogens (tertiary/aromatic N) is 3. The van der Waals surface area contributed by atoms with E-state index >= 15 is 0 Å². The number of anilines is 3. The van der Waals surface area contributed by atoms with Crippen LogP contribution < -0.4 is 10.6 Å². The highest BCUT2D eigenvalue weighted by Gasteiger charge is 2.14. The number of rotatable bonds is 10. The van der Waals surface area contributed by atoms with Gasteiger partial charge in [-0.1, -0.05) is 89.4 Å². The van der Waals surface area contributed by atoms with Crippen LogP contribution in [-0.4, -0.2) is 28.5 Å². The van der Waals surface area contributed by atoms with Gasteiger partial charge in [0, 0.05) is 48.1 Å². The van der Waals surface area contributed by atoms with Gasteiger partial charge >= 0.3 is 0 Å². The van der Waals surface area contributed by atoms with E-state index in [1.165, 1.54) is 5.56 Å². The highest BCUT2D eigenvalue weighted by atomic mass is 15.1. The van der Waals surface area contributed by atoms with E-state index in [-0.39, 0.29) is 5.41 Å². The normalized spacial score (nSPS) is 11.2. The van der Waals surface area contributed by atoms with Gasteiger partial charge in [-0.25, -0.2) is 9.97 Å². The van der Waals surface area contributed by atoms with E-state index in [4.69, 9.17) is 4.98 Å². The molecule has 0 saturated carbocycles. The number of nitrogens with one attached hydrogen (secondary N) is 2. The monoisotopic (exact) mass is 531 g/mol. The average Bonchev–Trinajstić information content (AvgIpc) is 2.94. The van der Waals surface area contributed by atoms with Gasteiger partial charge in [-0.2, -0.15) is 0 Å². The Morgan fingerprint density at radius 1 is 0.900 bits per heavy atom. The molecule has 4 rings (SSSR count). The van der Waals surface area contributed by atoms with Crippen molar-refractivity contribution in [2.45, 2.75) is 46.5 Å². The lowest BCUT2D eigenvalue weighted by molar-refractivity contribution is 0.478. The molecule has 1 heterocycles. The molecule has 0 aliphatic carbocycles. The van der Waals surface area contributed by atoms with Crippen LogP contribution in [0.2, 0.25) is 0 Å². The standard InChI is InChI=1S/C35H41N5/c1-9-23-40(8)26(4)28-15-19-30(20-16-28)38-34-36-22-21-33(39-34)31-11-10-12-32(24(31)2)37-25(3)27-13-17-29(18-14-27)35(5,6)7/h10-22,37H,3-4,9,23H2,1-2,5-8H3,(H,36,38,39). The summed E-state index contributed by atoms with van der Waals surface area (Å²) >= 11 is 0. The quantitative estimate of drug-likeness (QED) is 0.214. The molecule has 0 radical (unpaired) electrons. The highest BCUT2D eigenvalue weighted by molar-refractivity contribution is 5.81. The topological polar surface area (TPSA) is 53.1 Å². The summed E-state index contributed by atoms with van der Waals surface area (Å²) in [5.41, 5.74) is 10.4. The van der Waals surface area contributed by atoms with Crippen molar-refractivity contribution in [3.05, 3.63) is 114 Å². The van der Waals surface area contributed by atoms with Crippen molar-refractivity contribution in [1.29, 1.82) is 0 Å². The van der Waals surface area contributed by atoms with E-state index in [9.17, 15) is 0 Å². The minimum Gasteiger partial charge on any atom is -0.375 e. The first-order valence-corrected chi connectivity index (χ1v) is 13.8. The van der Waals surface area contributed by atoms with Gasteiger partial charge in [0.15, 0.2) is 0 Å². The summed E-state index contributed by atoms with van der Waals surface area (Å²) in [7, 11) is 2.07. The summed E-state index contributed by atoms with van der Waals surface area (Å²) in [5.74, 6) is 0.549. The summed E-state index contributed by atoms with van der Waals surface area (Å²) in [6, 6.07) is 25.0. The molecule has 206 valence electrons. The molecular weight excluding hydrogens is 490 g/mol. The van der Waals surface area contributed by atoms with Crippen molar-refractivity contribution in [2.75, 3.05) is 24.2 Å². The SMILES string of the molecule is C=C(Nc1cccc(-c2ccnc(Nc3ccc(C(=C)N(C)CCC)cc3)n2)c1C)c1ccc(C(C)(C)C)cc1. The fraction of sp³-hybridized carbons (Fsp3) is 0.257. The Balaban J connectivity index is 1.49. The van der Waals surface area contributed by atoms with E-state index in [2.05, 4.69) is 124 Å². The van der Waals surface area contributed by atoms with Crippen molar-refractivity contribution in [1.82, 2.24) is 14.9 Å². The van der Waals surface area contributed by atoms with Crippen molar-refractivity contribution in [2.24, 2.45) is 0 Å². The zero-order valence-electron chi connectivity index (χ0n) is 24.7. The van der Waals surface area contributed by atoms with Crippen LogP contribution in [0.3, 0.4) is 0 Å². The molecule has 0 unspecified atom stereocenters. The Morgan fingerprint density at radius 2 is 1.57 bits per heavy atom. The van der Waals surface area contributed by atoms with E-state index in [1.807, 2.05) is 24.3 Å². The predicted molar refractivity (Wildman–Crippen MR) is 172 cm³/mol. The van der Waals surface area contributed by atoms with E-state index in [0.717, 1.165) is 63.7 Å². The van der Waals surface area contributed by atoms with Crippen LogP contribution in [0.4, 0.5) is 17.3 Å². The minimum absolute atomic E-state index is 0.118. The average molecular weight is 532 g/mol. The number of hydrogen-bond donors (Lipinski definition) is 2. The summed E-state index contributed by atoms with van der Waals surface area (Å²) in [5, 5.41) is 6.86. The lowest BCUT2D eigenvalue weighted by Crippen LogP contribution is -2.16. The highest BCUT2D eigenvalue weighted by Crippen LogP contribution is 2.31. The molecule has 0 aliphatic heterocycles. The maximum atomic E-state index is 4.82. The van der Waals surface area contributed by atoms with Crippen molar-refractivity contribution in [3.63, 3.8) is 0 Å². The van der Waals surface area contributed by atoms with E-state index < -0.39 is 0 Å². The molecule has 5 nitrogen and oxygen atoms in total. The Bertz CT molecular complexity index is 1480. The van der Waals surface area contributed by atoms with Gasteiger partial charge in [0.2, 0.25) is 5.95 Å². The number of hydrogen-bond acceptors (Lipinski definition) is 5. The number of benzene rings is 3. The maximum Gasteiger partial charge on any atom is 0.227 e. The van der Waals surface area contributed by atoms with Crippen LogP contribution in [0.15, 0.2) is 92.2 Å². The van der Waals surface area contributed by atoms with Gasteiger partial charge < -0.3 is 15.5 Å². The molecule has 0 atom stereocenters. The summed E-state index contributed by atoms with van der Waals surface area (Å²) in [4.78, 5) is 11.5. The maximum absolute atomic E-state index is 4.82. The van der Waals surface area contributed by atoms with Gasteiger partial charge in [-0.3, -0.25) is 0 Å². The Kier molecular flexibility index (Phi) is 8.73. The summed E-state index contributed by atoms with van der Waals surface area (Å²) in [6.45, 7) is 20.4. The third-order valence-corrected chi connectivity index (χ3v) is 7.14. The van der Waals surface area contributed by atoms with Gasteiger partial charge in [0.25, 0.3) is 0 Å². The minimum atomic E-state index is 0.118. The van der Waals surface area contributed by atoms with E-state index in [1.54, 1.807) is 6.20 Å². The van der Waals surface area contributed by atoms with Gasteiger partial charge in [-0.15, -0.1) is 0 Å². The van der Waals surface area contributed by atoms with Crippen molar-refractivity contribution in [3.8, 4) is 11.3 Å². The van der Waals surface area contributed by atoms with Gasteiger partial charge in [-0.05, 0) is 65.3 Å². The van der Waals surface area contributed by atoms with Crippen LogP contribution in [0, 0.1) is 6.92 Å². The smallest absolute Gasteiger partial charge is 0.227 e. The van der Waals surface area contributed by atoms with Crippen LogP contribution >= 0.6 is 0 Å². The molecule has 0 amide bonds. The molecule has 1 aromatic heterocycles. The molecule has 0 spiro atoms. The second kappa shape index (κ2) is 12.2. The molecule has 5 heteroatoms. The Morgan fingerprint density at radius 3 is 2.23 bits per heavy atom. The number of aromatic nitrogens is 2. The molecule has 3 aromatic carbocycles. The Labute approximate surface area is 239 Å². The summed E-state index contributed by atoms with van der Waals surface area (Å²) in [6.07, 6.45) is 2.87. The fourth-order valence-electron chi connectivity index (χ4n) is 4.59. The Hall–Kier alpha value is -4.38. The first-order valence-electron chi connectivity index (χ1n) is 13.8. The zero-order chi connectivity index (χ0) is 28.9. The molecule has 0 fully saturated rings. The third-order valence-electron chi connectivity index (χ3n) is 7.14. The first-order chi connectivity index (χ1) is 19.1. The molecule has 4 aromatic rings. The molecule has 2 N–H and O–H groups in total. The van der Waals surface area contributed by atoms with Crippen LogP contribution in [0.25, 0.3) is 22.7 Å². The molecular formula is C35H41N5.